The van der Waals surface area contributed by atoms with Gasteiger partial charge in [0, 0.05) is 22.0 Å². The van der Waals surface area contributed by atoms with Gasteiger partial charge >= 0.3 is 13.1 Å². The number of carbonyl (C=O) groups is 1. The Balaban J connectivity index is 0.000000301. The molecule has 82 heavy (non-hydrogen) atoms. The second kappa shape index (κ2) is 27.4. The Morgan fingerprint density at radius 3 is 1.20 bits per heavy atom. The molecule has 0 amide bonds. The summed E-state index contributed by atoms with van der Waals surface area (Å²) in [5.74, 6) is 13.9. The monoisotopic (exact) mass is 1140 g/mol. The van der Waals surface area contributed by atoms with Crippen LogP contribution in [0.4, 0.5) is 0 Å². The SMILES string of the molecule is CCC(C#Cc1ccc(C(CC)(CC)c2ccc(-c3ccc(CC(=O)OC)cc3)c(C)c2)cc1C)(CC)O[Si](C)(C)C.CCC(C#Cc1ccc(C(CC)(CC)c2ccc(B3OC(C)(C)C(C)(C)O3)c(C)c2)cc1C)(CC)O[Si](C)(C)C. The summed E-state index contributed by atoms with van der Waals surface area (Å²) in [6, 6.07) is 35.7. The third-order valence-electron chi connectivity index (χ3n) is 18.1. The van der Waals surface area contributed by atoms with Gasteiger partial charge in [-0.1, -0.05) is 170 Å². The van der Waals surface area contributed by atoms with Crippen LogP contribution in [0.3, 0.4) is 0 Å². The molecule has 0 saturated carbocycles. The lowest BCUT2D eigenvalue weighted by molar-refractivity contribution is -0.139. The van der Waals surface area contributed by atoms with Crippen molar-refractivity contribution in [3.63, 3.8) is 0 Å². The molecule has 1 aliphatic rings. The maximum atomic E-state index is 11.6. The van der Waals surface area contributed by atoms with Gasteiger partial charge in [-0.15, -0.1) is 0 Å². The Morgan fingerprint density at radius 2 is 0.866 bits per heavy atom. The number of hydrogen-bond donors (Lipinski definition) is 0. The second-order valence-electron chi connectivity index (χ2n) is 26.1. The predicted molar refractivity (Wildman–Crippen MR) is 354 cm³/mol. The maximum absolute atomic E-state index is 11.6. The van der Waals surface area contributed by atoms with Crippen molar-refractivity contribution in [1.29, 1.82) is 0 Å². The van der Waals surface area contributed by atoms with Crippen molar-refractivity contribution >= 4 is 35.2 Å². The van der Waals surface area contributed by atoms with Gasteiger partial charge in [0.15, 0.2) is 16.6 Å². The summed E-state index contributed by atoms with van der Waals surface area (Å²) >= 11 is 0. The van der Waals surface area contributed by atoms with Crippen molar-refractivity contribution in [2.24, 2.45) is 0 Å². The van der Waals surface area contributed by atoms with E-state index in [2.05, 4.69) is 259 Å². The lowest BCUT2D eigenvalue weighted by atomic mass is 9.68. The molecule has 1 aliphatic heterocycles. The number of hydrogen-bond acceptors (Lipinski definition) is 6. The normalized spacial score (nSPS) is 14.5. The van der Waals surface area contributed by atoms with E-state index in [4.69, 9.17) is 22.9 Å². The van der Waals surface area contributed by atoms with Crippen LogP contribution in [0.15, 0.2) is 97.1 Å². The van der Waals surface area contributed by atoms with Crippen molar-refractivity contribution in [2.45, 2.75) is 241 Å². The third-order valence-corrected chi connectivity index (χ3v) is 20.1. The molecule has 0 atom stereocenters. The molecule has 0 N–H and O–H groups in total. The van der Waals surface area contributed by atoms with Gasteiger partial charge < -0.3 is 22.9 Å². The van der Waals surface area contributed by atoms with Gasteiger partial charge in [0.25, 0.3) is 0 Å². The van der Waals surface area contributed by atoms with E-state index in [1.54, 1.807) is 0 Å². The van der Waals surface area contributed by atoms with Crippen LogP contribution in [0.1, 0.15) is 196 Å². The minimum absolute atomic E-state index is 0.0759. The highest BCUT2D eigenvalue weighted by molar-refractivity contribution is 6.70. The van der Waals surface area contributed by atoms with Gasteiger partial charge in [-0.2, -0.15) is 0 Å². The Bertz CT molecular complexity index is 3080. The number of aryl methyl sites for hydroxylation is 4. The molecule has 1 saturated heterocycles. The molecule has 6 nitrogen and oxygen atoms in total. The largest absolute Gasteiger partial charge is 0.495 e. The standard InChI is InChI=1S/C38H50O3Si.C35H53BO3Si/c1-11-37(12-2,41-42(8,9)10)24-23-31-19-20-33(25-28(31)5)38(13-3,14-4)34-21-22-35(29(6)26-34)32-17-15-30(16-18-32)27-36(39)40-7;1-14-34(15-2,39-40(11,12)13)23-22-28-18-19-29(24-26(28)5)35(16-3,17-4)30-20-21-31(27(6)25-30)36-37-32(7,8)33(9,10)38-36/h15-22,25-26H,11-14,27H2,1-10H3;18-21,24-25H,14-17H2,1-13H3. The molecule has 0 aromatic heterocycles. The van der Waals surface area contributed by atoms with E-state index in [-0.39, 0.29) is 46.3 Å². The van der Waals surface area contributed by atoms with Crippen molar-refractivity contribution < 1.29 is 27.7 Å². The van der Waals surface area contributed by atoms with Crippen LogP contribution in [0.5, 0.6) is 0 Å². The first-order valence-electron chi connectivity index (χ1n) is 30.8. The highest BCUT2D eigenvalue weighted by Crippen LogP contribution is 2.43. The number of esters is 1. The molecular formula is C73H103BO6Si2. The van der Waals surface area contributed by atoms with E-state index in [1.165, 1.54) is 57.2 Å². The van der Waals surface area contributed by atoms with Gasteiger partial charge in [-0.25, -0.2) is 0 Å². The van der Waals surface area contributed by atoms with Crippen molar-refractivity contribution in [3.05, 3.63) is 158 Å². The third kappa shape index (κ3) is 15.7. The van der Waals surface area contributed by atoms with Gasteiger partial charge in [-0.05, 0) is 219 Å². The van der Waals surface area contributed by atoms with Crippen molar-refractivity contribution in [3.8, 4) is 34.8 Å². The lowest BCUT2D eigenvalue weighted by Crippen LogP contribution is -2.41. The first-order chi connectivity index (χ1) is 38.3. The predicted octanol–water partition coefficient (Wildman–Crippen LogP) is 18.0. The maximum Gasteiger partial charge on any atom is 0.495 e. The molecular weight excluding hydrogens is 1040 g/mol. The zero-order chi connectivity index (χ0) is 61.3. The van der Waals surface area contributed by atoms with E-state index < -0.39 is 16.6 Å². The molecule has 0 radical (unpaired) electrons. The highest BCUT2D eigenvalue weighted by atomic mass is 28.4. The summed E-state index contributed by atoms with van der Waals surface area (Å²) in [5.41, 5.74) is 15.2. The fraction of sp³-hybridized carbons (Fsp3) is 0.521. The molecule has 9 heteroatoms. The fourth-order valence-corrected chi connectivity index (χ4v) is 15.0. The molecule has 442 valence electrons. The lowest BCUT2D eigenvalue weighted by Gasteiger charge is -2.34. The van der Waals surface area contributed by atoms with Crippen LogP contribution >= 0.6 is 0 Å². The molecule has 5 aromatic carbocycles. The summed E-state index contributed by atoms with van der Waals surface area (Å²) in [4.78, 5) is 11.6. The average molecular weight is 1140 g/mol. The van der Waals surface area contributed by atoms with Crippen LogP contribution < -0.4 is 5.46 Å². The van der Waals surface area contributed by atoms with Gasteiger partial charge in [0.05, 0.1) is 24.7 Å². The van der Waals surface area contributed by atoms with E-state index in [9.17, 15) is 4.79 Å². The zero-order valence-electron chi connectivity index (χ0n) is 55.1. The van der Waals surface area contributed by atoms with Crippen LogP contribution in [0.2, 0.25) is 39.3 Å². The van der Waals surface area contributed by atoms with Crippen LogP contribution in [0.25, 0.3) is 11.1 Å². The zero-order valence-corrected chi connectivity index (χ0v) is 57.1. The van der Waals surface area contributed by atoms with E-state index >= 15 is 0 Å². The Labute approximate surface area is 501 Å². The smallest absolute Gasteiger partial charge is 0.469 e. The number of rotatable bonds is 20. The molecule has 5 aromatic rings. The molecule has 1 heterocycles. The number of ether oxygens (including phenoxy) is 1. The quantitative estimate of drug-likeness (QED) is 0.0440. The molecule has 0 unspecified atom stereocenters. The summed E-state index contributed by atoms with van der Waals surface area (Å²) in [6.07, 6.45) is 7.91. The molecule has 0 aliphatic carbocycles. The Hall–Kier alpha value is -4.97. The Kier molecular flexibility index (Phi) is 22.6. The number of benzene rings is 5. The number of carbonyl (C=O) groups excluding carboxylic acids is 1. The number of methoxy groups -OCH3 is 1. The van der Waals surface area contributed by atoms with Gasteiger partial charge in [-0.3, -0.25) is 4.79 Å². The molecule has 1 fully saturated rings. The van der Waals surface area contributed by atoms with Crippen molar-refractivity contribution in [2.75, 3.05) is 7.11 Å². The fourth-order valence-electron chi connectivity index (χ4n) is 11.9. The minimum Gasteiger partial charge on any atom is -0.469 e. The average Bonchev–Trinajstić information content (AvgIpc) is 3.80. The molecule has 0 spiro atoms. The first kappa shape index (κ1) is 67.8. The summed E-state index contributed by atoms with van der Waals surface area (Å²) in [7, 11) is -2.37. The Morgan fingerprint density at radius 1 is 0.500 bits per heavy atom. The summed E-state index contributed by atoms with van der Waals surface area (Å²) < 4.78 is 30.7. The van der Waals surface area contributed by atoms with E-state index in [0.29, 0.717) is 6.42 Å². The van der Waals surface area contributed by atoms with Crippen LogP contribution in [-0.2, 0) is 44.9 Å². The highest BCUT2D eigenvalue weighted by Gasteiger charge is 2.52. The van der Waals surface area contributed by atoms with Crippen LogP contribution in [-0.4, -0.2) is 59.2 Å². The molecule has 6 rings (SSSR count). The summed E-state index contributed by atoms with van der Waals surface area (Å²) in [5, 5.41) is 0. The first-order valence-corrected chi connectivity index (χ1v) is 37.6. The molecule has 0 bridgehead atoms. The van der Waals surface area contributed by atoms with Gasteiger partial charge in [0.1, 0.15) is 11.2 Å². The van der Waals surface area contributed by atoms with Gasteiger partial charge in [0.2, 0.25) is 0 Å². The van der Waals surface area contributed by atoms with Crippen LogP contribution in [0, 0.1) is 51.4 Å². The van der Waals surface area contributed by atoms with Crippen molar-refractivity contribution in [1.82, 2.24) is 0 Å². The van der Waals surface area contributed by atoms with E-state index in [1.807, 2.05) is 12.1 Å². The minimum atomic E-state index is -1.73. The van der Waals surface area contributed by atoms with E-state index in [0.717, 1.165) is 79.1 Å². The topological polar surface area (TPSA) is 63.2 Å². The second-order valence-corrected chi connectivity index (χ2v) is 35.0. The summed E-state index contributed by atoms with van der Waals surface area (Å²) in [6.45, 7) is 48.5.